The molecule has 0 radical (unpaired) electrons. The smallest absolute Gasteiger partial charge is 0.410 e. The number of likely N-dealkylation sites (N-methyl/N-ethyl adjacent to an activating group) is 1. The normalized spacial score (nSPS) is 18.3. The van der Waals surface area contributed by atoms with E-state index in [2.05, 4.69) is 52.7 Å². The minimum atomic E-state index is -0.599. The van der Waals surface area contributed by atoms with Gasteiger partial charge < -0.3 is 39.5 Å². The molecule has 0 aliphatic carbocycles. The van der Waals surface area contributed by atoms with Crippen molar-refractivity contribution in [2.45, 2.75) is 84.3 Å². The van der Waals surface area contributed by atoms with E-state index in [1.165, 1.54) is 7.11 Å². The molecule has 0 atom stereocenters. The molecule has 6 rings (SSSR count). The number of methoxy groups -OCH3 is 1. The van der Waals surface area contributed by atoms with E-state index < -0.39 is 11.0 Å². The van der Waals surface area contributed by atoms with Crippen molar-refractivity contribution in [1.82, 2.24) is 15.5 Å². The fraction of sp³-hybridized carbons (Fsp3) is 0.488. The summed E-state index contributed by atoms with van der Waals surface area (Å²) < 4.78 is 16.9. The third-order valence-electron chi connectivity index (χ3n) is 11.3. The van der Waals surface area contributed by atoms with Crippen LogP contribution >= 0.6 is 0 Å². The molecule has 12 nitrogen and oxygen atoms in total. The lowest BCUT2D eigenvalue weighted by Crippen LogP contribution is -2.47. The highest BCUT2D eigenvalue weighted by atomic mass is 16.6. The van der Waals surface area contributed by atoms with E-state index in [4.69, 9.17) is 14.2 Å². The number of hydrogen-bond donors (Lipinski definition) is 2. The van der Waals surface area contributed by atoms with Crippen LogP contribution in [-0.4, -0.2) is 94.0 Å². The molecule has 2 aromatic rings. The second-order valence-corrected chi connectivity index (χ2v) is 15.7. The van der Waals surface area contributed by atoms with E-state index in [9.17, 15) is 19.2 Å². The molecular weight excluding hydrogens is 699 g/mol. The summed E-state index contributed by atoms with van der Waals surface area (Å²) in [5, 5.41) is 6.06. The van der Waals surface area contributed by atoms with Crippen molar-refractivity contribution in [3.8, 4) is 11.1 Å². The number of carbonyl (C=O) groups is 2. The number of nitrogens with one attached hydrogen (secondary N) is 2. The summed E-state index contributed by atoms with van der Waals surface area (Å²) in [6, 6.07) is 10.6. The van der Waals surface area contributed by atoms with E-state index >= 15 is 0 Å². The maximum absolute atomic E-state index is 14.2. The summed E-state index contributed by atoms with van der Waals surface area (Å²) in [6.45, 7) is 14.5. The first-order valence-corrected chi connectivity index (χ1v) is 19.1. The fourth-order valence-corrected chi connectivity index (χ4v) is 8.48. The zero-order chi connectivity index (χ0) is 39.7. The first kappa shape index (κ1) is 39.4. The van der Waals surface area contributed by atoms with Crippen LogP contribution in [0.2, 0.25) is 0 Å². The predicted molar refractivity (Wildman–Crippen MR) is 212 cm³/mol. The standard InChI is InChI=1S/C43H53N5O7/c1-9-48(31-12-18-54-19-13-31)36-23-30(21-32(28(36)3)40(51)44-24-33-35(25-49)45-27(2)20-38(33)53-8)29-10-11-34-37(22-29)46(7)39(26-50)43(34)14-16-47(17-15-43)41(52)55-42(4,5)6/h10-11,20-23,31,45H,9,12-19,24H2,1-8H3,(H,44,51). The number of rotatable bonds is 8. The molecule has 2 amide bonds. The number of anilines is 2. The molecule has 55 heavy (non-hydrogen) atoms. The van der Waals surface area contributed by atoms with Gasteiger partial charge in [-0.25, -0.2) is 14.4 Å². The Hall–Kier alpha value is -5.28. The summed E-state index contributed by atoms with van der Waals surface area (Å²) in [6.07, 6.45) is 4.32. The van der Waals surface area contributed by atoms with Gasteiger partial charge in [0.2, 0.25) is 0 Å². The van der Waals surface area contributed by atoms with Crippen LogP contribution in [-0.2, 0) is 29.2 Å². The van der Waals surface area contributed by atoms with Gasteiger partial charge in [0, 0.05) is 80.7 Å². The second-order valence-electron chi connectivity index (χ2n) is 15.7. The van der Waals surface area contributed by atoms with Gasteiger partial charge in [-0.05, 0) is 114 Å². The first-order chi connectivity index (χ1) is 26.2. The van der Waals surface area contributed by atoms with Gasteiger partial charge in [-0.15, -0.1) is 0 Å². The van der Waals surface area contributed by atoms with Gasteiger partial charge in [-0.3, -0.25) is 4.79 Å². The number of likely N-dealkylation sites (tertiary alicyclic amines) is 1. The van der Waals surface area contributed by atoms with Crippen molar-refractivity contribution in [3.63, 3.8) is 0 Å². The molecule has 0 aromatic heterocycles. The fourth-order valence-electron chi connectivity index (χ4n) is 8.48. The van der Waals surface area contributed by atoms with Crippen LogP contribution in [0.3, 0.4) is 0 Å². The quantitative estimate of drug-likeness (QED) is 0.312. The Morgan fingerprint density at radius 1 is 1.05 bits per heavy atom. The van der Waals surface area contributed by atoms with Gasteiger partial charge in [0.05, 0.1) is 12.5 Å². The average Bonchev–Trinajstić information content (AvgIpc) is 3.39. The van der Waals surface area contributed by atoms with Crippen LogP contribution in [0.25, 0.3) is 11.1 Å². The van der Waals surface area contributed by atoms with E-state index in [0.717, 1.165) is 58.7 Å². The molecule has 12 heteroatoms. The molecule has 0 bridgehead atoms. The van der Waals surface area contributed by atoms with Crippen LogP contribution in [0.1, 0.15) is 81.8 Å². The number of dihydropyridines is 1. The summed E-state index contributed by atoms with van der Waals surface area (Å²) in [4.78, 5) is 57.6. The molecule has 2 N–H and O–H groups in total. The Bertz CT molecular complexity index is 2020. The maximum atomic E-state index is 14.2. The molecule has 4 aliphatic heterocycles. The molecular formula is C43H53N5O7. The van der Waals surface area contributed by atoms with Crippen molar-refractivity contribution in [3.05, 3.63) is 81.5 Å². The highest BCUT2D eigenvalue weighted by molar-refractivity contribution is 5.99. The molecule has 0 unspecified atom stereocenters. The van der Waals surface area contributed by atoms with Crippen molar-refractivity contribution in [1.29, 1.82) is 0 Å². The molecule has 4 aliphatic rings. The van der Waals surface area contributed by atoms with Crippen LogP contribution in [0.15, 0.2) is 64.8 Å². The van der Waals surface area contributed by atoms with Crippen molar-refractivity contribution >= 4 is 35.3 Å². The van der Waals surface area contributed by atoms with Crippen molar-refractivity contribution in [2.24, 2.45) is 0 Å². The Kier molecular flexibility index (Phi) is 11.3. The van der Waals surface area contributed by atoms with E-state index in [1.807, 2.05) is 58.6 Å². The largest absolute Gasteiger partial charge is 0.496 e. The summed E-state index contributed by atoms with van der Waals surface area (Å²) in [5.74, 6) is 4.40. The molecule has 0 saturated carbocycles. The van der Waals surface area contributed by atoms with Gasteiger partial charge in [0.25, 0.3) is 5.91 Å². The SMILES string of the molecule is CCN(c1cc(-c2ccc3c(c2)N(C)C(=C=O)C32CCN(C(=O)OC(C)(C)C)CC2)cc(C(=O)NCC2=C(OC)C=C(C)NC2=C=O)c1C)C1CCOCC1. The number of hydrogen-bond acceptors (Lipinski definition) is 10. The van der Waals surface area contributed by atoms with Crippen LogP contribution < -0.4 is 20.4 Å². The first-order valence-electron chi connectivity index (χ1n) is 19.1. The third kappa shape index (κ3) is 7.67. The Morgan fingerprint density at radius 2 is 1.76 bits per heavy atom. The number of carbonyl (C=O) groups excluding carboxylic acids is 4. The minimum absolute atomic E-state index is 0.0533. The number of piperidine rings is 1. The average molecular weight is 752 g/mol. The van der Waals surface area contributed by atoms with Crippen molar-refractivity contribution in [2.75, 3.05) is 63.4 Å². The molecule has 4 heterocycles. The van der Waals surface area contributed by atoms with Gasteiger partial charge in [-0.2, -0.15) is 0 Å². The number of nitrogens with zero attached hydrogens (tertiary/aromatic N) is 3. The Labute approximate surface area is 323 Å². The minimum Gasteiger partial charge on any atom is -0.496 e. The summed E-state index contributed by atoms with van der Waals surface area (Å²) >= 11 is 0. The monoisotopic (exact) mass is 751 g/mol. The summed E-state index contributed by atoms with van der Waals surface area (Å²) in [7, 11) is 3.42. The van der Waals surface area contributed by atoms with Crippen LogP contribution in [0.4, 0.5) is 16.2 Å². The number of benzene rings is 2. The van der Waals surface area contributed by atoms with E-state index in [-0.39, 0.29) is 30.3 Å². The Balaban J connectivity index is 1.38. The highest BCUT2D eigenvalue weighted by Crippen LogP contribution is 2.53. The molecule has 1 spiro atoms. The van der Waals surface area contributed by atoms with E-state index in [1.54, 1.807) is 11.0 Å². The molecule has 2 aromatic carbocycles. The lowest BCUT2D eigenvalue weighted by atomic mass is 9.72. The van der Waals surface area contributed by atoms with Gasteiger partial charge in [0.15, 0.2) is 5.94 Å². The van der Waals surface area contributed by atoms with E-state index in [0.29, 0.717) is 61.7 Å². The maximum Gasteiger partial charge on any atom is 0.410 e. The van der Waals surface area contributed by atoms with Gasteiger partial charge in [-0.1, -0.05) is 12.1 Å². The molecule has 2 fully saturated rings. The lowest BCUT2D eigenvalue weighted by molar-refractivity contribution is 0.0180. The lowest BCUT2D eigenvalue weighted by Gasteiger charge is -2.40. The Morgan fingerprint density at radius 3 is 2.38 bits per heavy atom. The van der Waals surface area contributed by atoms with Gasteiger partial charge >= 0.3 is 6.09 Å². The second kappa shape index (κ2) is 15.8. The van der Waals surface area contributed by atoms with Crippen LogP contribution in [0.5, 0.6) is 0 Å². The zero-order valence-electron chi connectivity index (χ0n) is 33.3. The summed E-state index contributed by atoms with van der Waals surface area (Å²) in [5.41, 5.74) is 6.83. The predicted octanol–water partition coefficient (Wildman–Crippen LogP) is 5.95. The number of ether oxygens (including phenoxy) is 3. The highest BCUT2D eigenvalue weighted by Gasteiger charge is 2.50. The number of allylic oxidation sites excluding steroid dienone is 3. The third-order valence-corrected chi connectivity index (χ3v) is 11.3. The van der Waals surface area contributed by atoms with Crippen LogP contribution in [0, 0.1) is 6.92 Å². The number of amides is 2. The topological polar surface area (TPSA) is 130 Å². The van der Waals surface area contributed by atoms with Gasteiger partial charge in [0.1, 0.15) is 28.7 Å². The molecule has 2 saturated heterocycles. The molecule has 292 valence electrons. The van der Waals surface area contributed by atoms with Crippen molar-refractivity contribution < 1.29 is 33.4 Å². The zero-order valence-corrected chi connectivity index (χ0v) is 33.3. The number of fused-ring (bicyclic) bond motifs is 2.